The second-order valence-corrected chi connectivity index (χ2v) is 8.55. The first-order valence-electron chi connectivity index (χ1n) is 11.6. The van der Waals surface area contributed by atoms with Crippen LogP contribution in [0.1, 0.15) is 55.6 Å². The van der Waals surface area contributed by atoms with Crippen LogP contribution in [-0.2, 0) is 28.9 Å². The fourth-order valence-electron chi connectivity index (χ4n) is 3.41. The average molecular weight is 497 g/mol. The quantitative estimate of drug-likeness (QED) is 0.309. The molecule has 1 aromatic heterocycles. The summed E-state index contributed by atoms with van der Waals surface area (Å²) in [7, 11) is 0. The van der Waals surface area contributed by atoms with Crippen LogP contribution in [0.4, 0.5) is 5.69 Å². The summed E-state index contributed by atoms with van der Waals surface area (Å²) in [6, 6.07) is 14.6. The molecule has 0 radical (unpaired) electrons. The summed E-state index contributed by atoms with van der Waals surface area (Å²) in [5, 5.41) is 19.4. The predicted molar refractivity (Wildman–Crippen MR) is 138 cm³/mol. The Morgan fingerprint density at radius 1 is 1.00 bits per heavy atom. The van der Waals surface area contributed by atoms with Crippen molar-refractivity contribution in [3.63, 3.8) is 0 Å². The van der Waals surface area contributed by atoms with Crippen LogP contribution < -0.4 is 10.6 Å². The second-order valence-electron chi connectivity index (χ2n) is 7.66. The Kier molecular flexibility index (Phi) is 11.0. The second kappa shape index (κ2) is 14.0. The van der Waals surface area contributed by atoms with Gasteiger partial charge >= 0.3 is 0 Å². The van der Waals surface area contributed by atoms with Crippen molar-refractivity contribution in [1.82, 2.24) is 15.6 Å². The first-order chi connectivity index (χ1) is 16.9. The fourth-order valence-corrected chi connectivity index (χ4v) is 4.36. The number of rotatable bonds is 10. The van der Waals surface area contributed by atoms with Crippen molar-refractivity contribution in [3.05, 3.63) is 91.9 Å². The molecule has 9 heteroatoms. The third kappa shape index (κ3) is 8.60. The van der Waals surface area contributed by atoms with Crippen molar-refractivity contribution in [3.8, 4) is 0 Å². The molecular weight excluding hydrogens is 464 g/mol. The number of aryl methyl sites for hydroxylation is 1. The molecule has 0 aliphatic heterocycles. The van der Waals surface area contributed by atoms with E-state index in [9.17, 15) is 19.7 Å². The van der Waals surface area contributed by atoms with Gasteiger partial charge in [0.1, 0.15) is 11.0 Å². The highest BCUT2D eigenvalue weighted by Crippen LogP contribution is 2.24. The minimum absolute atomic E-state index is 0.00966. The normalized spacial score (nSPS) is 12.0. The highest BCUT2D eigenvalue weighted by atomic mass is 32.1. The first kappa shape index (κ1) is 27.7. The molecular formula is C26H32N4O4S. The van der Waals surface area contributed by atoms with Crippen LogP contribution in [0, 0.1) is 10.1 Å². The van der Waals surface area contributed by atoms with Gasteiger partial charge in [-0.2, -0.15) is 0 Å². The molecule has 0 aliphatic carbocycles. The summed E-state index contributed by atoms with van der Waals surface area (Å²) in [5.41, 5.74) is 2.70. The molecule has 0 saturated carbocycles. The zero-order valence-electron chi connectivity index (χ0n) is 20.5. The van der Waals surface area contributed by atoms with E-state index >= 15 is 0 Å². The molecule has 0 aliphatic rings. The molecule has 0 saturated heterocycles. The molecule has 0 bridgehead atoms. The molecule has 3 rings (SSSR count). The zero-order valence-corrected chi connectivity index (χ0v) is 21.3. The van der Waals surface area contributed by atoms with Crippen LogP contribution in [0.15, 0.2) is 60.0 Å². The molecule has 35 heavy (non-hydrogen) atoms. The Hall–Kier alpha value is -3.59. The van der Waals surface area contributed by atoms with Gasteiger partial charge in [-0.1, -0.05) is 63.2 Å². The Morgan fingerprint density at radius 2 is 1.63 bits per heavy atom. The zero-order chi connectivity index (χ0) is 25.8. The Balaban J connectivity index is 0.00000210. The molecule has 0 unspecified atom stereocenters. The monoisotopic (exact) mass is 496 g/mol. The maximum Gasteiger partial charge on any atom is 0.269 e. The minimum Gasteiger partial charge on any atom is -0.345 e. The van der Waals surface area contributed by atoms with Gasteiger partial charge in [0.2, 0.25) is 11.8 Å². The van der Waals surface area contributed by atoms with E-state index in [4.69, 9.17) is 0 Å². The van der Waals surface area contributed by atoms with Gasteiger partial charge < -0.3 is 10.6 Å². The van der Waals surface area contributed by atoms with Gasteiger partial charge in [0.05, 0.1) is 16.7 Å². The molecule has 0 spiro atoms. The summed E-state index contributed by atoms with van der Waals surface area (Å²) in [6.45, 7) is 7.39. The summed E-state index contributed by atoms with van der Waals surface area (Å²) >= 11 is 1.46. The van der Waals surface area contributed by atoms with Gasteiger partial charge in [-0.15, -0.1) is 11.3 Å². The number of carbonyl (C=O) groups excluding carboxylic acids is 2. The maximum atomic E-state index is 13.2. The van der Waals surface area contributed by atoms with Crippen LogP contribution in [0.3, 0.4) is 0 Å². The van der Waals surface area contributed by atoms with E-state index in [0.717, 1.165) is 28.2 Å². The number of nitro benzene ring substituents is 1. The van der Waals surface area contributed by atoms with Crippen molar-refractivity contribution in [2.45, 2.75) is 59.0 Å². The third-order valence-electron chi connectivity index (χ3n) is 5.11. The van der Waals surface area contributed by atoms with Gasteiger partial charge in [0.15, 0.2) is 0 Å². The number of benzene rings is 2. The van der Waals surface area contributed by atoms with E-state index in [1.165, 1.54) is 30.4 Å². The number of thiazole rings is 1. The van der Waals surface area contributed by atoms with Crippen LogP contribution in [-0.4, -0.2) is 27.8 Å². The lowest BCUT2D eigenvalue weighted by Crippen LogP contribution is -2.48. The SMILES string of the molecule is CC.CCc1csc([C@H](Cc2ccc([N+](=O)[O-])cc2)NC(=O)[C@H](Cc2ccccc2)NC(C)=O)n1. The van der Waals surface area contributed by atoms with E-state index in [1.807, 2.05) is 56.5 Å². The van der Waals surface area contributed by atoms with E-state index in [2.05, 4.69) is 15.6 Å². The summed E-state index contributed by atoms with van der Waals surface area (Å²) in [5.74, 6) is -0.602. The standard InChI is InChI=1S/C24H26N4O4S.C2H6/c1-3-19-15-33-24(26-19)22(14-18-9-11-20(12-10-18)28(31)32)27-23(30)21(25-16(2)29)13-17-7-5-4-6-8-17;1-2/h4-12,15,21-22H,3,13-14H2,1-2H3,(H,25,29)(H,27,30);1-2H3/t21-,22-;/m0./s1. The fraction of sp³-hybridized carbons (Fsp3) is 0.346. The number of nitrogens with one attached hydrogen (secondary N) is 2. The van der Waals surface area contributed by atoms with Crippen LogP contribution in [0.2, 0.25) is 0 Å². The van der Waals surface area contributed by atoms with Gasteiger partial charge in [-0.25, -0.2) is 4.98 Å². The number of non-ortho nitro benzene ring substituents is 1. The number of nitrogens with zero attached hydrogens (tertiary/aromatic N) is 2. The Labute approximate surface area is 210 Å². The van der Waals surface area contributed by atoms with Crippen molar-refractivity contribution in [2.24, 2.45) is 0 Å². The minimum atomic E-state index is -0.741. The first-order valence-corrected chi connectivity index (χ1v) is 12.5. The molecule has 186 valence electrons. The topological polar surface area (TPSA) is 114 Å². The summed E-state index contributed by atoms with van der Waals surface area (Å²) in [4.78, 5) is 40.2. The number of hydrogen-bond donors (Lipinski definition) is 2. The molecule has 2 atom stereocenters. The lowest BCUT2D eigenvalue weighted by molar-refractivity contribution is -0.384. The number of aromatic nitrogens is 1. The van der Waals surface area contributed by atoms with Crippen molar-refractivity contribution in [2.75, 3.05) is 0 Å². The largest absolute Gasteiger partial charge is 0.345 e. The number of hydrogen-bond acceptors (Lipinski definition) is 6. The molecule has 8 nitrogen and oxygen atoms in total. The highest BCUT2D eigenvalue weighted by Gasteiger charge is 2.25. The van der Waals surface area contributed by atoms with E-state index < -0.39 is 17.0 Å². The predicted octanol–water partition coefficient (Wildman–Crippen LogP) is 4.79. The van der Waals surface area contributed by atoms with Crippen molar-refractivity contribution >= 4 is 28.8 Å². The summed E-state index contributed by atoms with van der Waals surface area (Å²) in [6.07, 6.45) is 1.55. The molecule has 3 aromatic rings. The molecule has 2 N–H and O–H groups in total. The van der Waals surface area contributed by atoms with Crippen LogP contribution in [0.5, 0.6) is 0 Å². The van der Waals surface area contributed by atoms with Crippen molar-refractivity contribution in [1.29, 1.82) is 0 Å². The maximum absolute atomic E-state index is 13.2. The molecule has 1 heterocycles. The van der Waals surface area contributed by atoms with Crippen LogP contribution in [0.25, 0.3) is 0 Å². The van der Waals surface area contributed by atoms with Gasteiger partial charge in [0.25, 0.3) is 5.69 Å². The van der Waals surface area contributed by atoms with Gasteiger partial charge in [-0.3, -0.25) is 19.7 Å². The number of nitro groups is 1. The van der Waals surface area contributed by atoms with Gasteiger partial charge in [-0.05, 0) is 24.0 Å². The van der Waals surface area contributed by atoms with Crippen molar-refractivity contribution < 1.29 is 14.5 Å². The smallest absolute Gasteiger partial charge is 0.269 e. The van der Waals surface area contributed by atoms with E-state index in [1.54, 1.807) is 12.1 Å². The number of carbonyl (C=O) groups is 2. The lowest BCUT2D eigenvalue weighted by Gasteiger charge is -2.22. The molecule has 2 amide bonds. The Morgan fingerprint density at radius 3 is 2.17 bits per heavy atom. The highest BCUT2D eigenvalue weighted by molar-refractivity contribution is 7.09. The third-order valence-corrected chi connectivity index (χ3v) is 6.12. The summed E-state index contributed by atoms with van der Waals surface area (Å²) < 4.78 is 0. The average Bonchev–Trinajstić information content (AvgIpc) is 3.34. The van der Waals surface area contributed by atoms with Crippen LogP contribution >= 0.6 is 11.3 Å². The molecule has 0 fully saturated rings. The van der Waals surface area contributed by atoms with Gasteiger partial charge in [0, 0.05) is 30.9 Å². The lowest BCUT2D eigenvalue weighted by atomic mass is 10.0. The molecule has 2 aromatic carbocycles. The Bertz CT molecular complexity index is 1100. The number of amides is 2. The van der Waals surface area contributed by atoms with E-state index in [-0.39, 0.29) is 17.5 Å². The van der Waals surface area contributed by atoms with E-state index in [0.29, 0.717) is 12.8 Å².